The molecular formula is C77H138O6. The molecule has 0 aliphatic carbocycles. The standard InChI is InChI=1S/C77H138O6/c1-4-7-10-13-16-19-21-23-25-27-29-31-33-34-35-36-37-38-39-40-41-42-43-44-45-47-48-50-52-54-56-58-61-64-67-70-76(79)82-73-74(72-81-75(78)69-66-63-60-18-15-12-9-6-3)83-77(80)71-68-65-62-59-57-55-53-51-49-46-32-30-28-26-24-22-20-17-14-11-8-5-2/h7,10,16,19,23,25,29,31,34-35,37-38,74H,4-6,8-9,11-15,17-18,20-22,24,26-28,30,32-33,36,39-73H2,1-3H3/b10-7-,19-16-,25-23-,31-29-,35-34-,38-37-. The molecule has 0 aliphatic heterocycles. The summed E-state index contributed by atoms with van der Waals surface area (Å²) in [5, 5.41) is 0. The van der Waals surface area contributed by atoms with Crippen molar-refractivity contribution in [3.8, 4) is 0 Å². The number of unbranched alkanes of at least 4 members (excludes halogenated alkanes) is 44. The first-order chi connectivity index (χ1) is 41.0. The van der Waals surface area contributed by atoms with E-state index in [-0.39, 0.29) is 31.1 Å². The van der Waals surface area contributed by atoms with Crippen LogP contribution >= 0.6 is 0 Å². The van der Waals surface area contributed by atoms with Crippen LogP contribution in [0.25, 0.3) is 0 Å². The molecule has 83 heavy (non-hydrogen) atoms. The van der Waals surface area contributed by atoms with Crippen LogP contribution in [0.2, 0.25) is 0 Å². The van der Waals surface area contributed by atoms with E-state index >= 15 is 0 Å². The maximum atomic E-state index is 12.9. The molecule has 1 unspecified atom stereocenters. The van der Waals surface area contributed by atoms with Crippen molar-refractivity contribution in [2.75, 3.05) is 13.2 Å². The molecule has 482 valence electrons. The van der Waals surface area contributed by atoms with E-state index in [2.05, 4.69) is 93.7 Å². The second-order valence-electron chi connectivity index (χ2n) is 24.5. The minimum Gasteiger partial charge on any atom is -0.462 e. The van der Waals surface area contributed by atoms with E-state index in [9.17, 15) is 14.4 Å². The minimum absolute atomic E-state index is 0.0679. The van der Waals surface area contributed by atoms with Gasteiger partial charge in [-0.1, -0.05) is 363 Å². The van der Waals surface area contributed by atoms with Gasteiger partial charge >= 0.3 is 17.9 Å². The van der Waals surface area contributed by atoms with E-state index in [4.69, 9.17) is 14.2 Å². The monoisotopic (exact) mass is 1160 g/mol. The fourth-order valence-corrected chi connectivity index (χ4v) is 10.8. The van der Waals surface area contributed by atoms with Crippen LogP contribution in [-0.4, -0.2) is 37.2 Å². The van der Waals surface area contributed by atoms with Gasteiger partial charge in [0.1, 0.15) is 13.2 Å². The molecule has 6 nitrogen and oxygen atoms in total. The second kappa shape index (κ2) is 71.3. The Morgan fingerprint density at radius 1 is 0.253 bits per heavy atom. The zero-order valence-corrected chi connectivity index (χ0v) is 55.5. The Hall–Kier alpha value is -3.15. The van der Waals surface area contributed by atoms with Crippen molar-refractivity contribution < 1.29 is 28.6 Å². The van der Waals surface area contributed by atoms with Crippen LogP contribution in [0.4, 0.5) is 0 Å². The highest BCUT2D eigenvalue weighted by molar-refractivity contribution is 5.71. The molecule has 0 N–H and O–H groups in total. The first-order valence-electron chi connectivity index (χ1n) is 36.4. The zero-order valence-electron chi connectivity index (χ0n) is 55.5. The Morgan fingerprint density at radius 2 is 0.470 bits per heavy atom. The van der Waals surface area contributed by atoms with E-state index in [1.807, 2.05) is 0 Å². The van der Waals surface area contributed by atoms with Crippen molar-refractivity contribution in [1.82, 2.24) is 0 Å². The lowest BCUT2D eigenvalue weighted by atomic mass is 10.0. The summed E-state index contributed by atoms with van der Waals surface area (Å²) in [6.07, 6.45) is 93.9. The second-order valence-corrected chi connectivity index (χ2v) is 24.5. The maximum Gasteiger partial charge on any atom is 0.306 e. The summed E-state index contributed by atoms with van der Waals surface area (Å²) < 4.78 is 16.9. The molecular weight excluding hydrogens is 1020 g/mol. The lowest BCUT2D eigenvalue weighted by Crippen LogP contribution is -2.30. The van der Waals surface area contributed by atoms with Crippen LogP contribution < -0.4 is 0 Å². The molecule has 0 fully saturated rings. The molecule has 0 radical (unpaired) electrons. The fraction of sp³-hybridized carbons (Fsp3) is 0.805. The number of carbonyl (C=O) groups excluding carboxylic acids is 3. The summed E-state index contributed by atoms with van der Waals surface area (Å²) in [6.45, 7) is 6.56. The summed E-state index contributed by atoms with van der Waals surface area (Å²) >= 11 is 0. The van der Waals surface area contributed by atoms with E-state index in [0.29, 0.717) is 19.3 Å². The van der Waals surface area contributed by atoms with Crippen LogP contribution in [0.1, 0.15) is 380 Å². The molecule has 6 heteroatoms. The van der Waals surface area contributed by atoms with Gasteiger partial charge in [0.05, 0.1) is 0 Å². The van der Waals surface area contributed by atoms with Crippen molar-refractivity contribution >= 4 is 17.9 Å². The number of ether oxygens (including phenoxy) is 3. The van der Waals surface area contributed by atoms with E-state index in [1.165, 1.54) is 244 Å². The Bertz CT molecular complexity index is 1520. The molecule has 0 bridgehead atoms. The predicted molar refractivity (Wildman–Crippen MR) is 362 cm³/mol. The molecule has 0 spiro atoms. The highest BCUT2D eigenvalue weighted by atomic mass is 16.6. The minimum atomic E-state index is -0.769. The summed E-state index contributed by atoms with van der Waals surface area (Å²) in [5.41, 5.74) is 0. The molecule has 0 saturated carbocycles. The molecule has 0 heterocycles. The number of esters is 3. The van der Waals surface area contributed by atoms with Gasteiger partial charge in [-0.3, -0.25) is 14.4 Å². The normalized spacial score (nSPS) is 12.5. The topological polar surface area (TPSA) is 78.9 Å². The van der Waals surface area contributed by atoms with Gasteiger partial charge in [-0.2, -0.15) is 0 Å². The largest absolute Gasteiger partial charge is 0.462 e. The van der Waals surface area contributed by atoms with Crippen LogP contribution in [0.5, 0.6) is 0 Å². The van der Waals surface area contributed by atoms with E-state index < -0.39 is 6.10 Å². The molecule has 0 aromatic heterocycles. The van der Waals surface area contributed by atoms with Crippen LogP contribution in [0.3, 0.4) is 0 Å². The number of hydrogen-bond donors (Lipinski definition) is 0. The highest BCUT2D eigenvalue weighted by Gasteiger charge is 2.19. The van der Waals surface area contributed by atoms with Gasteiger partial charge < -0.3 is 14.2 Å². The highest BCUT2D eigenvalue weighted by Crippen LogP contribution is 2.19. The Balaban J connectivity index is 4.03. The lowest BCUT2D eigenvalue weighted by molar-refractivity contribution is -0.167. The molecule has 0 rings (SSSR count). The van der Waals surface area contributed by atoms with Crippen LogP contribution in [-0.2, 0) is 28.6 Å². The van der Waals surface area contributed by atoms with Crippen molar-refractivity contribution in [3.05, 3.63) is 72.9 Å². The van der Waals surface area contributed by atoms with Gasteiger partial charge in [0.2, 0.25) is 0 Å². The third-order valence-corrected chi connectivity index (χ3v) is 16.2. The van der Waals surface area contributed by atoms with Crippen molar-refractivity contribution in [3.63, 3.8) is 0 Å². The van der Waals surface area contributed by atoms with Crippen molar-refractivity contribution in [2.45, 2.75) is 386 Å². The van der Waals surface area contributed by atoms with Gasteiger partial charge in [-0.05, 0) is 70.6 Å². The van der Waals surface area contributed by atoms with Crippen molar-refractivity contribution in [1.29, 1.82) is 0 Å². The molecule has 0 saturated heterocycles. The average molecular weight is 1160 g/mol. The summed E-state index contributed by atoms with van der Waals surface area (Å²) in [4.78, 5) is 38.3. The quantitative estimate of drug-likeness (QED) is 0.0261. The average Bonchev–Trinajstić information content (AvgIpc) is 3.49. The van der Waals surface area contributed by atoms with Gasteiger partial charge in [0, 0.05) is 19.3 Å². The number of allylic oxidation sites excluding steroid dienone is 12. The summed E-state index contributed by atoms with van der Waals surface area (Å²) in [5.74, 6) is -0.847. The van der Waals surface area contributed by atoms with E-state index in [1.54, 1.807) is 0 Å². The van der Waals surface area contributed by atoms with Crippen LogP contribution in [0.15, 0.2) is 72.9 Å². The van der Waals surface area contributed by atoms with E-state index in [0.717, 1.165) is 96.3 Å². The summed E-state index contributed by atoms with van der Waals surface area (Å²) in [7, 11) is 0. The van der Waals surface area contributed by atoms with Gasteiger partial charge in [0.15, 0.2) is 6.10 Å². The third kappa shape index (κ3) is 69.5. The first-order valence-corrected chi connectivity index (χ1v) is 36.4. The molecule has 0 aromatic carbocycles. The molecule has 0 aliphatic rings. The Kier molecular flexibility index (Phi) is 68.6. The Labute approximate surface area is 516 Å². The smallest absolute Gasteiger partial charge is 0.306 e. The lowest BCUT2D eigenvalue weighted by Gasteiger charge is -2.18. The van der Waals surface area contributed by atoms with Crippen LogP contribution in [0, 0.1) is 0 Å². The molecule has 0 aromatic rings. The number of hydrogen-bond acceptors (Lipinski definition) is 6. The molecule has 1 atom stereocenters. The SMILES string of the molecule is CC/C=C\C/C=C\C/C=C\C/C=C\C/C=C\C/C=C\CCCCCCCCCCCCCCCCCCC(=O)OCC(COC(=O)CCCCCCCCCC)OC(=O)CCCCCCCCCCCCCCCCCCCCCCCC. The number of rotatable bonds is 67. The van der Waals surface area contributed by atoms with Gasteiger partial charge in [0.25, 0.3) is 0 Å². The van der Waals surface area contributed by atoms with Crippen molar-refractivity contribution in [2.24, 2.45) is 0 Å². The first kappa shape index (κ1) is 79.8. The predicted octanol–water partition coefficient (Wildman–Crippen LogP) is 25.2. The Morgan fingerprint density at radius 3 is 0.735 bits per heavy atom. The maximum absolute atomic E-state index is 12.9. The third-order valence-electron chi connectivity index (χ3n) is 16.2. The number of carbonyl (C=O) groups is 3. The van der Waals surface area contributed by atoms with Gasteiger partial charge in [-0.15, -0.1) is 0 Å². The zero-order chi connectivity index (χ0) is 59.9. The molecule has 0 amide bonds. The summed E-state index contributed by atoms with van der Waals surface area (Å²) in [6, 6.07) is 0. The fourth-order valence-electron chi connectivity index (χ4n) is 10.8. The van der Waals surface area contributed by atoms with Gasteiger partial charge in [-0.25, -0.2) is 0 Å².